The number of carbonyl (C=O) groups is 1. The average Bonchev–Trinajstić information content (AvgIpc) is 2.75. The number of pyridine rings is 1. The van der Waals surface area contributed by atoms with Crippen LogP contribution >= 0.6 is 0 Å². The first-order valence-electron chi connectivity index (χ1n) is 10.9. The summed E-state index contributed by atoms with van der Waals surface area (Å²) in [7, 11) is 0. The number of fused-ring (bicyclic) bond motifs is 1. The number of likely N-dealkylation sites (tertiary alicyclic amines) is 1. The van der Waals surface area contributed by atoms with E-state index in [0.717, 1.165) is 11.1 Å². The van der Waals surface area contributed by atoms with Gasteiger partial charge in [-0.05, 0) is 51.3 Å². The van der Waals surface area contributed by atoms with E-state index in [2.05, 4.69) is 4.98 Å². The molecule has 1 fully saturated rings. The first-order valence-corrected chi connectivity index (χ1v) is 10.9. The molecule has 32 heavy (non-hydrogen) atoms. The molecular weight excluding hydrogens is 406 g/mol. The zero-order valence-electron chi connectivity index (χ0n) is 18.7. The predicted molar refractivity (Wildman–Crippen MR) is 123 cm³/mol. The summed E-state index contributed by atoms with van der Waals surface area (Å²) in [6.07, 6.45) is 3.84. The zero-order valence-corrected chi connectivity index (χ0v) is 18.7. The van der Waals surface area contributed by atoms with Crippen LogP contribution in [0.1, 0.15) is 39.2 Å². The van der Waals surface area contributed by atoms with Gasteiger partial charge < -0.3 is 14.7 Å². The van der Waals surface area contributed by atoms with E-state index in [0.29, 0.717) is 37.1 Å². The van der Waals surface area contributed by atoms with Crippen molar-refractivity contribution in [3.63, 3.8) is 0 Å². The fourth-order valence-electron chi connectivity index (χ4n) is 4.07. The zero-order chi connectivity index (χ0) is 22.9. The molecule has 1 aliphatic heterocycles. The fraction of sp³-hybridized carbons (Fsp3) is 0.400. The molecule has 7 nitrogen and oxygen atoms in total. The number of hydrogen-bond donors (Lipinski definition) is 1. The molecular formula is C25H29N3O4. The molecule has 4 rings (SSSR count). The summed E-state index contributed by atoms with van der Waals surface area (Å²) in [5.41, 5.74) is 1.09. The lowest BCUT2D eigenvalue weighted by molar-refractivity contribution is -0.0317. The van der Waals surface area contributed by atoms with Crippen molar-refractivity contribution in [2.24, 2.45) is 0 Å². The van der Waals surface area contributed by atoms with Crippen LogP contribution in [0.4, 0.5) is 4.79 Å². The number of carbonyl (C=O) groups excluding carboxylic acids is 1. The van der Waals surface area contributed by atoms with Crippen LogP contribution in [0.5, 0.6) is 0 Å². The Morgan fingerprint density at radius 3 is 2.47 bits per heavy atom. The summed E-state index contributed by atoms with van der Waals surface area (Å²) < 4.78 is 6.96. The van der Waals surface area contributed by atoms with Crippen molar-refractivity contribution in [3.8, 4) is 11.1 Å². The lowest BCUT2D eigenvalue weighted by Crippen LogP contribution is -2.49. The van der Waals surface area contributed by atoms with Crippen molar-refractivity contribution < 1.29 is 14.6 Å². The van der Waals surface area contributed by atoms with E-state index in [-0.39, 0.29) is 18.1 Å². The Kier molecular flexibility index (Phi) is 5.77. The highest BCUT2D eigenvalue weighted by molar-refractivity contribution is 5.77. The minimum atomic E-state index is -1.06. The number of benzene rings is 1. The highest BCUT2D eigenvalue weighted by atomic mass is 16.6. The summed E-state index contributed by atoms with van der Waals surface area (Å²) >= 11 is 0. The van der Waals surface area contributed by atoms with Crippen molar-refractivity contribution >= 4 is 11.7 Å². The third-order valence-corrected chi connectivity index (χ3v) is 5.75. The summed E-state index contributed by atoms with van der Waals surface area (Å²) in [5, 5.41) is 11.1. The highest BCUT2D eigenvalue weighted by Crippen LogP contribution is 2.27. The lowest BCUT2D eigenvalue weighted by atomic mass is 9.86. The maximum Gasteiger partial charge on any atom is 0.410 e. The molecule has 0 bridgehead atoms. The summed E-state index contributed by atoms with van der Waals surface area (Å²) in [4.78, 5) is 31.6. The lowest BCUT2D eigenvalue weighted by Gasteiger charge is -2.38. The molecule has 3 heterocycles. The number of ether oxygens (including phenoxy) is 1. The van der Waals surface area contributed by atoms with Crippen molar-refractivity contribution in [1.29, 1.82) is 0 Å². The van der Waals surface area contributed by atoms with Crippen molar-refractivity contribution in [1.82, 2.24) is 14.3 Å². The van der Waals surface area contributed by atoms with Crippen molar-refractivity contribution in [2.75, 3.05) is 13.1 Å². The summed E-state index contributed by atoms with van der Waals surface area (Å²) in [5.74, 6) is 0. The Bertz CT molecular complexity index is 1170. The average molecular weight is 436 g/mol. The molecule has 0 unspecified atom stereocenters. The Hall–Kier alpha value is -3.19. The van der Waals surface area contributed by atoms with Crippen LogP contribution in [0.3, 0.4) is 0 Å². The second-order valence-electron chi connectivity index (χ2n) is 9.44. The summed E-state index contributed by atoms with van der Waals surface area (Å²) in [6.45, 7) is 6.25. The molecule has 0 spiro atoms. The molecule has 2 aromatic heterocycles. The number of aromatic nitrogens is 2. The first kappa shape index (κ1) is 22.0. The second-order valence-corrected chi connectivity index (χ2v) is 9.44. The Morgan fingerprint density at radius 2 is 1.81 bits per heavy atom. The van der Waals surface area contributed by atoms with Gasteiger partial charge in [0.25, 0.3) is 5.56 Å². The maximum atomic E-state index is 13.2. The van der Waals surface area contributed by atoms with Gasteiger partial charge in [0.2, 0.25) is 0 Å². The molecule has 168 valence electrons. The van der Waals surface area contributed by atoms with E-state index in [1.165, 1.54) is 4.40 Å². The van der Waals surface area contributed by atoms with Gasteiger partial charge in [0, 0.05) is 43.0 Å². The minimum absolute atomic E-state index is 0.184. The van der Waals surface area contributed by atoms with E-state index >= 15 is 0 Å². The molecule has 0 radical (unpaired) electrons. The molecule has 1 aromatic carbocycles. The molecule has 3 aromatic rings. The van der Waals surface area contributed by atoms with Crippen molar-refractivity contribution in [3.05, 3.63) is 70.8 Å². The number of nitrogens with zero attached hydrogens (tertiary/aromatic N) is 3. The van der Waals surface area contributed by atoms with E-state index in [4.69, 9.17) is 4.74 Å². The van der Waals surface area contributed by atoms with Gasteiger partial charge in [0.05, 0.1) is 5.60 Å². The Labute approximate surface area is 187 Å². The van der Waals surface area contributed by atoms with Crippen LogP contribution in [-0.2, 0) is 11.2 Å². The SMILES string of the molecule is CC(C)(C)OC(=O)N1CCC(O)(Cc2cnc3c(-c4ccccc4)cccn3c2=O)CC1. The van der Waals surface area contributed by atoms with Crippen LogP contribution in [0.2, 0.25) is 0 Å². The van der Waals surface area contributed by atoms with Gasteiger partial charge in [-0.2, -0.15) is 0 Å². The van der Waals surface area contributed by atoms with E-state index in [1.54, 1.807) is 17.3 Å². The van der Waals surface area contributed by atoms with Crippen LogP contribution in [0, 0.1) is 0 Å². The van der Waals surface area contributed by atoms with Gasteiger partial charge in [0.15, 0.2) is 0 Å². The van der Waals surface area contributed by atoms with E-state index in [9.17, 15) is 14.7 Å². The van der Waals surface area contributed by atoms with Crippen LogP contribution in [-0.4, -0.2) is 49.8 Å². The summed E-state index contributed by atoms with van der Waals surface area (Å²) in [6, 6.07) is 13.6. The Balaban J connectivity index is 1.53. The monoisotopic (exact) mass is 435 g/mol. The van der Waals surface area contributed by atoms with Gasteiger partial charge in [-0.15, -0.1) is 0 Å². The minimum Gasteiger partial charge on any atom is -0.444 e. The third-order valence-electron chi connectivity index (χ3n) is 5.75. The number of amides is 1. The molecule has 1 amide bonds. The number of hydrogen-bond acceptors (Lipinski definition) is 5. The normalized spacial score (nSPS) is 16.2. The molecule has 1 saturated heterocycles. The molecule has 1 aliphatic rings. The van der Waals surface area contributed by atoms with Crippen LogP contribution < -0.4 is 5.56 Å². The number of piperidine rings is 1. The van der Waals surface area contributed by atoms with Gasteiger partial charge in [-0.1, -0.05) is 30.3 Å². The number of aliphatic hydroxyl groups is 1. The smallest absolute Gasteiger partial charge is 0.410 e. The van der Waals surface area contributed by atoms with Gasteiger partial charge in [-0.25, -0.2) is 9.78 Å². The second kappa shape index (κ2) is 8.39. The maximum absolute atomic E-state index is 13.2. The number of rotatable bonds is 3. The molecule has 1 N–H and O–H groups in total. The van der Waals surface area contributed by atoms with Gasteiger partial charge in [0.1, 0.15) is 11.2 Å². The molecule has 7 heteroatoms. The fourth-order valence-corrected chi connectivity index (χ4v) is 4.07. The molecule has 0 atom stereocenters. The molecule has 0 saturated carbocycles. The van der Waals surface area contributed by atoms with Crippen molar-refractivity contribution in [2.45, 2.75) is 51.2 Å². The highest BCUT2D eigenvalue weighted by Gasteiger charge is 2.36. The van der Waals surface area contributed by atoms with E-state index in [1.807, 2.05) is 63.2 Å². The van der Waals surface area contributed by atoms with Crippen LogP contribution in [0.15, 0.2) is 59.7 Å². The van der Waals surface area contributed by atoms with Gasteiger partial charge in [-0.3, -0.25) is 9.20 Å². The Morgan fingerprint density at radius 1 is 1.12 bits per heavy atom. The van der Waals surface area contributed by atoms with Gasteiger partial charge >= 0.3 is 6.09 Å². The molecule has 0 aliphatic carbocycles. The van der Waals surface area contributed by atoms with E-state index < -0.39 is 11.2 Å². The third kappa shape index (κ3) is 4.67. The first-order chi connectivity index (χ1) is 15.2. The van der Waals surface area contributed by atoms with Crippen LogP contribution in [0.25, 0.3) is 16.8 Å². The standard InChI is InChI=1S/C25H29N3O4/c1-24(2,3)32-23(30)27-14-11-25(31,12-15-27)16-19-17-26-21-20(18-8-5-4-6-9-18)10-7-13-28(21)22(19)29/h4-10,13,17,31H,11-12,14-16H2,1-3H3. The quantitative estimate of drug-likeness (QED) is 0.679. The predicted octanol–water partition coefficient (Wildman–Crippen LogP) is 3.67. The largest absolute Gasteiger partial charge is 0.444 e. The topological polar surface area (TPSA) is 84.1 Å².